The standard InChI is InChI=1S/C29H40N10O5/c1-29(2,3)44-28(41)32-21-9-7-19(8-10-21)24-34-25-23(26(35-24)39-11-13-43-14-12-39)33-22(38(25)6)17-37(5)18-31-16-20(15-30-4)27(40)36-42/h7-10,15-16,22,33,42H,4,11-14,17-18H2,1-3,5-6H3,(H,32,41)(H,36,40)/b20-15+,31-16-. The summed E-state index contributed by atoms with van der Waals surface area (Å²) in [5.74, 6) is 1.38. The zero-order valence-corrected chi connectivity index (χ0v) is 25.7. The van der Waals surface area contributed by atoms with Gasteiger partial charge in [0.25, 0.3) is 5.91 Å². The van der Waals surface area contributed by atoms with E-state index in [9.17, 15) is 9.59 Å². The number of morpholine rings is 1. The number of rotatable bonds is 10. The maximum absolute atomic E-state index is 12.2. The summed E-state index contributed by atoms with van der Waals surface area (Å²) in [6.07, 6.45) is 1.89. The van der Waals surface area contributed by atoms with Crippen molar-refractivity contribution in [3.63, 3.8) is 0 Å². The van der Waals surface area contributed by atoms with E-state index in [4.69, 9.17) is 24.6 Å². The molecule has 44 heavy (non-hydrogen) atoms. The second-order valence-corrected chi connectivity index (χ2v) is 11.3. The van der Waals surface area contributed by atoms with Crippen LogP contribution in [-0.2, 0) is 14.3 Å². The first-order valence-corrected chi connectivity index (χ1v) is 14.1. The average molecular weight is 609 g/mol. The van der Waals surface area contributed by atoms with E-state index in [2.05, 4.69) is 37.1 Å². The Balaban J connectivity index is 1.53. The number of hydrogen-bond acceptors (Lipinski definition) is 13. The molecule has 1 aromatic carbocycles. The number of anilines is 4. The quantitative estimate of drug-likeness (QED) is 0.135. The Labute approximate surface area is 256 Å². The number of benzene rings is 1. The van der Waals surface area contributed by atoms with E-state index in [0.717, 1.165) is 22.9 Å². The van der Waals surface area contributed by atoms with E-state index in [-0.39, 0.29) is 18.4 Å². The summed E-state index contributed by atoms with van der Waals surface area (Å²) in [5, 5.41) is 15.2. The highest BCUT2D eigenvalue weighted by Crippen LogP contribution is 2.40. The van der Waals surface area contributed by atoms with E-state index in [1.54, 1.807) is 17.6 Å². The number of aromatic nitrogens is 2. The first-order chi connectivity index (χ1) is 21.0. The van der Waals surface area contributed by atoms with Gasteiger partial charge in [0.05, 0.1) is 25.5 Å². The van der Waals surface area contributed by atoms with Gasteiger partial charge in [0.1, 0.15) is 17.5 Å². The summed E-state index contributed by atoms with van der Waals surface area (Å²) in [5.41, 5.74) is 3.28. The lowest BCUT2D eigenvalue weighted by Gasteiger charge is -2.29. The van der Waals surface area contributed by atoms with Crippen molar-refractivity contribution in [1.29, 1.82) is 0 Å². The lowest BCUT2D eigenvalue weighted by Crippen LogP contribution is -2.42. The largest absolute Gasteiger partial charge is 0.444 e. The van der Waals surface area contributed by atoms with Gasteiger partial charge in [-0.15, -0.1) is 0 Å². The number of hydroxylamine groups is 1. The molecule has 2 aliphatic rings. The summed E-state index contributed by atoms with van der Waals surface area (Å²) in [7, 11) is 3.88. The van der Waals surface area contributed by atoms with Crippen LogP contribution >= 0.6 is 0 Å². The highest BCUT2D eigenvalue weighted by atomic mass is 16.6. The van der Waals surface area contributed by atoms with Crippen LogP contribution in [0.3, 0.4) is 0 Å². The predicted molar refractivity (Wildman–Crippen MR) is 170 cm³/mol. The Bertz CT molecular complexity index is 1400. The molecule has 15 nitrogen and oxygen atoms in total. The van der Waals surface area contributed by atoms with Gasteiger partial charge in [0, 0.05) is 50.3 Å². The Hall–Kier alpha value is -4.60. The number of fused-ring (bicyclic) bond motifs is 1. The third kappa shape index (κ3) is 8.27. The zero-order chi connectivity index (χ0) is 31.9. The van der Waals surface area contributed by atoms with Crippen LogP contribution in [0.4, 0.5) is 27.8 Å². The molecule has 15 heteroatoms. The van der Waals surface area contributed by atoms with Gasteiger partial charge in [-0.25, -0.2) is 20.2 Å². The fraction of sp³-hybridized carbons (Fsp3) is 0.448. The van der Waals surface area contributed by atoms with Crippen LogP contribution in [0, 0.1) is 0 Å². The Morgan fingerprint density at radius 2 is 1.91 bits per heavy atom. The van der Waals surface area contributed by atoms with Crippen molar-refractivity contribution in [2.75, 3.05) is 74.0 Å². The molecule has 1 saturated heterocycles. The van der Waals surface area contributed by atoms with Gasteiger partial charge in [0.15, 0.2) is 17.5 Å². The van der Waals surface area contributed by atoms with Gasteiger partial charge in [-0.3, -0.25) is 30.2 Å². The summed E-state index contributed by atoms with van der Waals surface area (Å²) in [6, 6.07) is 7.32. The highest BCUT2D eigenvalue weighted by Gasteiger charge is 2.34. The fourth-order valence-electron chi connectivity index (χ4n) is 4.60. The van der Waals surface area contributed by atoms with E-state index in [0.29, 0.717) is 44.4 Å². The van der Waals surface area contributed by atoms with Gasteiger partial charge in [-0.1, -0.05) is 0 Å². The molecule has 0 bridgehead atoms. The number of ether oxygens (including phenoxy) is 2. The monoisotopic (exact) mass is 608 g/mol. The average Bonchev–Trinajstić information content (AvgIpc) is 3.30. The third-order valence-corrected chi connectivity index (χ3v) is 6.71. The summed E-state index contributed by atoms with van der Waals surface area (Å²) >= 11 is 0. The molecule has 1 unspecified atom stereocenters. The van der Waals surface area contributed by atoms with Crippen molar-refractivity contribution in [1.82, 2.24) is 20.3 Å². The fourth-order valence-corrected chi connectivity index (χ4v) is 4.60. The van der Waals surface area contributed by atoms with Crippen LogP contribution in [0.25, 0.3) is 11.4 Å². The van der Waals surface area contributed by atoms with Crippen molar-refractivity contribution in [3.8, 4) is 11.4 Å². The van der Waals surface area contributed by atoms with Crippen molar-refractivity contribution in [2.45, 2.75) is 32.5 Å². The van der Waals surface area contributed by atoms with Gasteiger partial charge >= 0.3 is 6.09 Å². The number of nitrogens with one attached hydrogen (secondary N) is 3. The lowest BCUT2D eigenvalue weighted by molar-refractivity contribution is -0.124. The van der Waals surface area contributed by atoms with Gasteiger partial charge in [-0.05, 0) is 58.8 Å². The Morgan fingerprint density at radius 1 is 1.23 bits per heavy atom. The molecular formula is C29H40N10O5. The molecule has 2 aliphatic heterocycles. The minimum absolute atomic E-state index is 0.0750. The van der Waals surface area contributed by atoms with Crippen LogP contribution in [0.5, 0.6) is 0 Å². The number of hydrogen-bond donors (Lipinski definition) is 4. The van der Waals surface area contributed by atoms with Crippen molar-refractivity contribution < 1.29 is 24.3 Å². The van der Waals surface area contributed by atoms with Crippen molar-refractivity contribution in [2.24, 2.45) is 9.98 Å². The molecule has 0 saturated carbocycles. The van der Waals surface area contributed by atoms with E-state index < -0.39 is 17.6 Å². The summed E-state index contributed by atoms with van der Waals surface area (Å²) < 4.78 is 10.9. The van der Waals surface area contributed by atoms with Gasteiger partial charge < -0.3 is 24.6 Å². The van der Waals surface area contributed by atoms with Crippen LogP contribution in [0.1, 0.15) is 20.8 Å². The van der Waals surface area contributed by atoms with Gasteiger partial charge in [0.2, 0.25) is 0 Å². The van der Waals surface area contributed by atoms with E-state index in [1.165, 1.54) is 12.4 Å². The topological polar surface area (TPSA) is 169 Å². The van der Waals surface area contributed by atoms with Crippen LogP contribution in [0.2, 0.25) is 0 Å². The van der Waals surface area contributed by atoms with E-state index in [1.807, 2.05) is 51.9 Å². The molecule has 0 radical (unpaired) electrons. The molecule has 0 aliphatic carbocycles. The first kappa shape index (κ1) is 32.3. The minimum atomic E-state index is -0.726. The SMILES string of the molecule is C=N/C=C(\C=N/CN(C)CC1Nc2c(N3CCOCC3)nc(-c3ccc(NC(=O)OC(C)(C)C)cc3)nc2N1C)C(=O)NO. The molecule has 3 heterocycles. The minimum Gasteiger partial charge on any atom is -0.444 e. The molecule has 2 aromatic rings. The molecule has 4 N–H and O–H groups in total. The van der Waals surface area contributed by atoms with Gasteiger partial charge in [-0.2, -0.15) is 0 Å². The Morgan fingerprint density at radius 3 is 2.55 bits per heavy atom. The maximum Gasteiger partial charge on any atom is 0.412 e. The summed E-state index contributed by atoms with van der Waals surface area (Å²) in [4.78, 5) is 48.0. The van der Waals surface area contributed by atoms with Crippen LogP contribution in [0.15, 0.2) is 46.0 Å². The summed E-state index contributed by atoms with van der Waals surface area (Å²) in [6.45, 7) is 12.2. The van der Waals surface area contributed by atoms with E-state index >= 15 is 0 Å². The number of likely N-dealkylation sites (N-methyl/N-ethyl adjacent to an activating group) is 2. The highest BCUT2D eigenvalue weighted by molar-refractivity contribution is 6.11. The molecule has 4 rings (SSSR count). The molecule has 0 spiro atoms. The molecule has 1 aromatic heterocycles. The lowest BCUT2D eigenvalue weighted by atomic mass is 10.2. The number of carbonyl (C=O) groups is 2. The normalized spacial score (nSPS) is 17.0. The molecule has 1 fully saturated rings. The number of amides is 2. The molecular weight excluding hydrogens is 568 g/mol. The van der Waals surface area contributed by atoms with Crippen molar-refractivity contribution in [3.05, 3.63) is 36.0 Å². The smallest absolute Gasteiger partial charge is 0.412 e. The number of carbonyl (C=O) groups excluding carboxylic acids is 2. The Kier molecular flexibility index (Phi) is 10.5. The second-order valence-electron chi connectivity index (χ2n) is 11.3. The van der Waals surface area contributed by atoms with Crippen LogP contribution in [-0.4, -0.2) is 110 Å². The van der Waals surface area contributed by atoms with Crippen molar-refractivity contribution >= 4 is 47.9 Å². The zero-order valence-electron chi connectivity index (χ0n) is 25.7. The number of nitrogens with zero attached hydrogens (tertiary/aromatic N) is 7. The predicted octanol–water partition coefficient (Wildman–Crippen LogP) is 2.57. The first-order valence-electron chi connectivity index (χ1n) is 14.1. The number of aliphatic imine (C=N–C) groups is 2. The molecule has 236 valence electrons. The molecule has 2 amide bonds. The van der Waals surface area contributed by atoms with Crippen LogP contribution < -0.4 is 25.9 Å². The maximum atomic E-state index is 12.2. The third-order valence-electron chi connectivity index (χ3n) is 6.71. The molecule has 1 atom stereocenters. The second kappa shape index (κ2) is 14.2.